The first-order valence-corrected chi connectivity index (χ1v) is 6.56. The topological polar surface area (TPSA) is 127 Å². The van der Waals surface area contributed by atoms with Gasteiger partial charge >= 0.3 is 5.97 Å². The first-order chi connectivity index (χ1) is 10.3. The number of nitrogens with two attached hydrogens (primary N) is 1. The third-order valence-electron chi connectivity index (χ3n) is 3.61. The summed E-state index contributed by atoms with van der Waals surface area (Å²) >= 11 is 0. The van der Waals surface area contributed by atoms with Crippen LogP contribution in [0.1, 0.15) is 23.2 Å². The van der Waals surface area contributed by atoms with E-state index >= 15 is 0 Å². The number of hydrogen-bond acceptors (Lipinski definition) is 5. The van der Waals surface area contributed by atoms with E-state index in [2.05, 4.69) is 0 Å². The number of carboxylic acid groups (broad SMARTS) is 1. The van der Waals surface area contributed by atoms with E-state index in [4.69, 9.17) is 10.8 Å². The number of carboxylic acids is 1. The lowest BCUT2D eigenvalue weighted by Gasteiger charge is -2.31. The largest absolute Gasteiger partial charge is 0.481 e. The molecule has 1 aromatic carbocycles. The Hall–Kier alpha value is -2.71. The van der Waals surface area contributed by atoms with Gasteiger partial charge in [0.15, 0.2) is 0 Å². The van der Waals surface area contributed by atoms with Gasteiger partial charge in [-0.1, -0.05) is 0 Å². The van der Waals surface area contributed by atoms with Crippen molar-refractivity contribution in [2.75, 3.05) is 18.8 Å². The zero-order valence-corrected chi connectivity index (χ0v) is 11.5. The van der Waals surface area contributed by atoms with Crippen LogP contribution in [0.2, 0.25) is 0 Å². The first kappa shape index (κ1) is 15.7. The molecule has 0 radical (unpaired) electrons. The lowest BCUT2D eigenvalue weighted by molar-refractivity contribution is -0.384. The number of benzene rings is 1. The highest BCUT2D eigenvalue weighted by Gasteiger charge is 2.31. The van der Waals surface area contributed by atoms with Gasteiger partial charge in [0.2, 0.25) is 0 Å². The molecule has 0 bridgehead atoms. The summed E-state index contributed by atoms with van der Waals surface area (Å²) in [5.41, 5.74) is 4.15. The average molecular weight is 311 g/mol. The van der Waals surface area contributed by atoms with E-state index in [9.17, 15) is 24.1 Å². The summed E-state index contributed by atoms with van der Waals surface area (Å²) in [6, 6.07) is 1.47. The van der Waals surface area contributed by atoms with Gasteiger partial charge in [0.25, 0.3) is 11.6 Å². The Morgan fingerprint density at radius 2 is 2.14 bits per heavy atom. The van der Waals surface area contributed by atoms with Gasteiger partial charge in [0, 0.05) is 13.1 Å². The molecule has 0 spiro atoms. The van der Waals surface area contributed by atoms with Crippen molar-refractivity contribution in [2.24, 2.45) is 5.92 Å². The Morgan fingerprint density at radius 1 is 1.45 bits per heavy atom. The minimum atomic E-state index is -1.02. The lowest BCUT2D eigenvalue weighted by atomic mass is 9.97. The van der Waals surface area contributed by atoms with Crippen LogP contribution in [-0.4, -0.2) is 39.9 Å². The zero-order valence-electron chi connectivity index (χ0n) is 11.5. The molecule has 2 rings (SSSR count). The van der Waals surface area contributed by atoms with Gasteiger partial charge in [-0.25, -0.2) is 4.39 Å². The molecule has 9 heteroatoms. The number of piperidine rings is 1. The Bertz CT molecular complexity index is 649. The molecule has 118 valence electrons. The number of carbonyl (C=O) groups excluding carboxylic acids is 1. The number of carbonyl (C=O) groups is 2. The molecule has 3 N–H and O–H groups in total. The van der Waals surface area contributed by atoms with Crippen LogP contribution in [0.25, 0.3) is 0 Å². The minimum Gasteiger partial charge on any atom is -0.481 e. The van der Waals surface area contributed by atoms with Gasteiger partial charge in [-0.15, -0.1) is 0 Å². The number of nitro benzene ring substituents is 1. The maximum absolute atomic E-state index is 13.5. The first-order valence-electron chi connectivity index (χ1n) is 6.56. The molecule has 1 aliphatic heterocycles. The quantitative estimate of drug-likeness (QED) is 0.491. The number of nitrogens with zero attached hydrogens (tertiary/aromatic N) is 2. The van der Waals surface area contributed by atoms with Gasteiger partial charge < -0.3 is 15.7 Å². The van der Waals surface area contributed by atoms with E-state index in [-0.39, 0.29) is 12.1 Å². The van der Waals surface area contributed by atoms with Crippen molar-refractivity contribution in [3.05, 3.63) is 33.6 Å². The normalized spacial score (nSPS) is 18.0. The fraction of sp³-hybridized carbons (Fsp3) is 0.385. The molecule has 1 fully saturated rings. The van der Waals surface area contributed by atoms with E-state index in [0.717, 1.165) is 6.07 Å². The second-order valence-electron chi connectivity index (χ2n) is 5.07. The molecule has 8 nitrogen and oxygen atoms in total. The summed E-state index contributed by atoms with van der Waals surface area (Å²) in [6.45, 7) is 0.268. The molecule has 0 aromatic heterocycles. The van der Waals surface area contributed by atoms with Gasteiger partial charge in [0.05, 0.1) is 22.5 Å². The summed E-state index contributed by atoms with van der Waals surface area (Å²) < 4.78 is 13.5. The number of nitro groups is 1. The van der Waals surface area contributed by atoms with Crippen LogP contribution in [0.3, 0.4) is 0 Å². The molecule has 1 aromatic rings. The predicted molar refractivity (Wildman–Crippen MR) is 73.7 cm³/mol. The maximum atomic E-state index is 13.5. The van der Waals surface area contributed by atoms with Crippen LogP contribution >= 0.6 is 0 Å². The van der Waals surface area contributed by atoms with Crippen molar-refractivity contribution in [2.45, 2.75) is 12.8 Å². The molecule has 22 heavy (non-hydrogen) atoms. The SMILES string of the molecule is Nc1c(C(=O)N2CCCC(C(=O)O)C2)cc(F)cc1[N+](=O)[O-]. The highest BCUT2D eigenvalue weighted by atomic mass is 19.1. The van der Waals surface area contributed by atoms with E-state index in [0.29, 0.717) is 25.5 Å². The fourth-order valence-corrected chi connectivity index (χ4v) is 2.47. The van der Waals surface area contributed by atoms with Crippen LogP contribution in [-0.2, 0) is 4.79 Å². The van der Waals surface area contributed by atoms with Crippen molar-refractivity contribution in [1.82, 2.24) is 4.90 Å². The summed E-state index contributed by atoms with van der Waals surface area (Å²) in [5.74, 6) is -3.37. The van der Waals surface area contributed by atoms with Crippen LogP contribution in [0.5, 0.6) is 0 Å². The second-order valence-corrected chi connectivity index (χ2v) is 5.07. The van der Waals surface area contributed by atoms with Crippen LogP contribution in [0.15, 0.2) is 12.1 Å². The third kappa shape index (κ3) is 2.97. The Balaban J connectivity index is 2.33. The molecule has 0 saturated carbocycles. The summed E-state index contributed by atoms with van der Waals surface area (Å²) in [6.07, 6.45) is 0.928. The van der Waals surface area contributed by atoms with Crippen molar-refractivity contribution in [3.8, 4) is 0 Å². The molecule has 1 amide bonds. The molecule has 1 unspecified atom stereocenters. The zero-order chi connectivity index (χ0) is 16.4. The van der Waals surface area contributed by atoms with Crippen LogP contribution < -0.4 is 5.73 Å². The van der Waals surface area contributed by atoms with Crippen LogP contribution in [0, 0.1) is 21.8 Å². The lowest BCUT2D eigenvalue weighted by Crippen LogP contribution is -2.42. The minimum absolute atomic E-state index is 0.0298. The number of anilines is 1. The molecule has 0 aliphatic carbocycles. The summed E-state index contributed by atoms with van der Waals surface area (Å²) in [4.78, 5) is 34.6. The van der Waals surface area contributed by atoms with Crippen molar-refractivity contribution >= 4 is 23.3 Å². The highest BCUT2D eigenvalue weighted by Crippen LogP contribution is 2.29. The third-order valence-corrected chi connectivity index (χ3v) is 3.61. The second kappa shape index (κ2) is 5.96. The van der Waals surface area contributed by atoms with E-state index in [1.807, 2.05) is 0 Å². The molecule has 1 heterocycles. The van der Waals surface area contributed by atoms with Crippen molar-refractivity contribution < 1.29 is 24.0 Å². The Labute approximate surface area is 124 Å². The van der Waals surface area contributed by atoms with E-state index < -0.39 is 39.9 Å². The smallest absolute Gasteiger partial charge is 0.308 e. The van der Waals surface area contributed by atoms with Gasteiger partial charge in [0.1, 0.15) is 11.5 Å². The van der Waals surface area contributed by atoms with Gasteiger partial charge in [-0.2, -0.15) is 0 Å². The molecular formula is C13H14FN3O5. The van der Waals surface area contributed by atoms with Crippen molar-refractivity contribution in [1.29, 1.82) is 0 Å². The van der Waals surface area contributed by atoms with Gasteiger partial charge in [-0.3, -0.25) is 19.7 Å². The summed E-state index contributed by atoms with van der Waals surface area (Å²) in [5, 5.41) is 19.8. The number of nitrogen functional groups attached to an aromatic ring is 1. The van der Waals surface area contributed by atoms with Gasteiger partial charge in [-0.05, 0) is 18.9 Å². The number of aliphatic carboxylic acids is 1. The predicted octanol–water partition coefficient (Wildman–Crippen LogP) is 1.25. The Kier molecular flexibility index (Phi) is 4.25. The molecule has 1 atom stereocenters. The fourth-order valence-electron chi connectivity index (χ4n) is 2.47. The van der Waals surface area contributed by atoms with E-state index in [1.165, 1.54) is 4.90 Å². The standard InChI is InChI=1S/C13H14FN3O5/c14-8-4-9(11(15)10(5-8)17(21)22)12(18)16-3-1-2-7(6-16)13(19)20/h4-5,7H,1-3,6,15H2,(H,19,20). The number of amides is 1. The number of rotatable bonds is 3. The van der Waals surface area contributed by atoms with Crippen molar-refractivity contribution in [3.63, 3.8) is 0 Å². The maximum Gasteiger partial charge on any atom is 0.308 e. The monoisotopic (exact) mass is 311 g/mol. The number of hydrogen-bond donors (Lipinski definition) is 2. The number of likely N-dealkylation sites (tertiary alicyclic amines) is 1. The summed E-state index contributed by atoms with van der Waals surface area (Å²) in [7, 11) is 0. The molecule has 1 saturated heterocycles. The highest BCUT2D eigenvalue weighted by molar-refractivity contribution is 6.01. The van der Waals surface area contributed by atoms with E-state index in [1.54, 1.807) is 0 Å². The molecular weight excluding hydrogens is 297 g/mol. The number of halogens is 1. The Morgan fingerprint density at radius 3 is 2.73 bits per heavy atom. The molecule has 1 aliphatic rings. The average Bonchev–Trinajstić information content (AvgIpc) is 2.48. The van der Waals surface area contributed by atoms with Crippen LogP contribution in [0.4, 0.5) is 15.8 Å².